The average Bonchev–Trinajstić information content (AvgIpc) is 3.10. The van der Waals surface area contributed by atoms with E-state index in [9.17, 15) is 9.90 Å². The first-order valence-electron chi connectivity index (χ1n) is 16.7. The molecular formula is C43H48IrN2O2. The van der Waals surface area contributed by atoms with Crippen LogP contribution in [0.1, 0.15) is 83.9 Å². The third kappa shape index (κ3) is 8.30. The van der Waals surface area contributed by atoms with Crippen molar-refractivity contribution in [3.63, 3.8) is 0 Å². The fourth-order valence-corrected chi connectivity index (χ4v) is 5.85. The summed E-state index contributed by atoms with van der Waals surface area (Å²) in [7, 11) is 0. The van der Waals surface area contributed by atoms with Gasteiger partial charge in [-0.15, -0.1) is 34.9 Å². The van der Waals surface area contributed by atoms with Crippen molar-refractivity contribution in [2.45, 2.75) is 81.1 Å². The summed E-state index contributed by atoms with van der Waals surface area (Å²) in [5.74, 6) is 0.598. The van der Waals surface area contributed by atoms with E-state index in [0.29, 0.717) is 17.1 Å². The van der Waals surface area contributed by atoms with Gasteiger partial charge in [0.15, 0.2) is 0 Å². The Morgan fingerprint density at radius 3 is 2.00 bits per heavy atom. The summed E-state index contributed by atoms with van der Waals surface area (Å²) < 4.78 is 0. The standard InChI is InChI=1S/C28H19N2.C15H28O2.Ir/c1-18-13-19(2)15-24(14-18)28-27-10-8-23-16-22(21-5-3-20(17-29)4-6-21)7-9-25(23)26(27)11-12-30-28;1-7-14(5,8-2)12(16)11-13(17)15(6,9-3)10-4;/h3-14,16H,1-2H3;11,16H,7-10H2,1-6H3;/q-1;;/p+1/b;12-11-;. The van der Waals surface area contributed by atoms with Gasteiger partial charge in [0, 0.05) is 31.7 Å². The van der Waals surface area contributed by atoms with Gasteiger partial charge < -0.3 is 10.1 Å². The largest absolute Gasteiger partial charge is 0.511 e. The Hall–Kier alpha value is -4.10. The fourth-order valence-electron chi connectivity index (χ4n) is 5.85. The van der Waals surface area contributed by atoms with E-state index in [1.807, 2.05) is 44.3 Å². The zero-order chi connectivity index (χ0) is 34.4. The number of nitriles is 1. The van der Waals surface area contributed by atoms with E-state index < -0.39 is 0 Å². The normalized spacial score (nSPS) is 11.8. The average molecular weight is 817 g/mol. The van der Waals surface area contributed by atoms with Crippen molar-refractivity contribution in [2.24, 2.45) is 10.8 Å². The Bertz CT molecular complexity index is 1940. The number of pyridine rings is 1. The Morgan fingerprint density at radius 2 is 1.42 bits per heavy atom. The Labute approximate surface area is 300 Å². The second-order valence-corrected chi connectivity index (χ2v) is 13.2. The second kappa shape index (κ2) is 16.3. The first kappa shape index (κ1) is 38.3. The van der Waals surface area contributed by atoms with Crippen molar-refractivity contribution in [3.05, 3.63) is 114 Å². The van der Waals surface area contributed by atoms with E-state index in [0.717, 1.165) is 59.0 Å². The molecule has 0 saturated carbocycles. The first-order chi connectivity index (χ1) is 22.4. The van der Waals surface area contributed by atoms with Gasteiger partial charge in [0.2, 0.25) is 0 Å². The van der Waals surface area contributed by atoms with Crippen LogP contribution in [-0.4, -0.2) is 20.7 Å². The van der Waals surface area contributed by atoms with Crippen LogP contribution in [0.2, 0.25) is 0 Å². The van der Waals surface area contributed by atoms with E-state index >= 15 is 0 Å². The van der Waals surface area contributed by atoms with E-state index in [1.165, 1.54) is 21.7 Å². The van der Waals surface area contributed by atoms with Gasteiger partial charge in [0.25, 0.3) is 0 Å². The van der Waals surface area contributed by atoms with E-state index in [-0.39, 0.29) is 30.9 Å². The molecular weight excluding hydrogens is 769 g/mol. The van der Waals surface area contributed by atoms with Crippen LogP contribution in [0.25, 0.3) is 43.9 Å². The summed E-state index contributed by atoms with van der Waals surface area (Å²) in [4.78, 5) is 14.9. The number of rotatable bonds is 9. The fraction of sp³-hybridized carbons (Fsp3) is 0.326. The van der Waals surface area contributed by atoms with Crippen LogP contribution in [0.3, 0.4) is 0 Å². The molecule has 0 amide bonds. The number of allylic oxidation sites excluding steroid dienone is 2. The third-order valence-electron chi connectivity index (χ3n) is 10.1. The minimum absolute atomic E-state index is 0. The zero-order valence-electron chi connectivity index (χ0n) is 29.5. The number of hydrogen-bond acceptors (Lipinski definition) is 3. The Kier molecular flexibility index (Phi) is 13.1. The molecule has 2 N–H and O–H groups in total. The van der Waals surface area contributed by atoms with Crippen LogP contribution in [-0.2, 0) is 20.1 Å². The van der Waals surface area contributed by atoms with E-state index in [2.05, 4.69) is 102 Å². The minimum Gasteiger partial charge on any atom is -0.511 e. The molecule has 0 aliphatic carbocycles. The van der Waals surface area contributed by atoms with Crippen molar-refractivity contribution in [1.29, 1.82) is 5.26 Å². The zero-order valence-corrected chi connectivity index (χ0v) is 31.9. The maximum absolute atomic E-state index is 10.2. The number of aryl methyl sites for hydroxylation is 2. The van der Waals surface area contributed by atoms with Crippen molar-refractivity contribution in [3.8, 4) is 28.5 Å². The molecule has 1 aromatic heterocycles. The maximum atomic E-state index is 10.2. The van der Waals surface area contributed by atoms with Crippen molar-refractivity contribution >= 4 is 27.3 Å². The molecule has 0 aliphatic rings. The molecule has 48 heavy (non-hydrogen) atoms. The van der Waals surface area contributed by atoms with Crippen LogP contribution in [0.5, 0.6) is 0 Å². The number of hydrogen-bond donors (Lipinski definition) is 1. The van der Waals surface area contributed by atoms with Gasteiger partial charge >= 0.3 is 5.78 Å². The van der Waals surface area contributed by atoms with Crippen molar-refractivity contribution < 1.29 is 30.0 Å². The van der Waals surface area contributed by atoms with Gasteiger partial charge in [-0.25, -0.2) is 0 Å². The van der Waals surface area contributed by atoms with Gasteiger partial charge in [0.05, 0.1) is 23.1 Å². The molecule has 0 bridgehead atoms. The Balaban J connectivity index is 0.000000301. The summed E-state index contributed by atoms with van der Waals surface area (Å²) >= 11 is 0. The number of aromatic nitrogens is 1. The number of benzene rings is 4. The topological polar surface area (TPSA) is 78.3 Å². The predicted octanol–water partition coefficient (Wildman–Crippen LogP) is 11.6. The summed E-state index contributed by atoms with van der Waals surface area (Å²) in [5, 5.41) is 23.9. The van der Waals surface area contributed by atoms with Crippen molar-refractivity contribution in [1.82, 2.24) is 4.98 Å². The van der Waals surface area contributed by atoms with Gasteiger partial charge in [0.1, 0.15) is 5.76 Å². The molecule has 0 saturated heterocycles. The number of nitrogens with zero attached hydrogens (tertiary/aromatic N) is 2. The molecule has 0 aliphatic heterocycles. The first-order valence-corrected chi connectivity index (χ1v) is 16.7. The summed E-state index contributed by atoms with van der Waals surface area (Å²) in [6.45, 7) is 16.5. The van der Waals surface area contributed by atoms with Crippen LogP contribution in [0.15, 0.2) is 90.8 Å². The summed E-state index contributed by atoms with van der Waals surface area (Å²) in [6, 6.07) is 30.6. The summed E-state index contributed by atoms with van der Waals surface area (Å²) in [6.07, 6.45) is 6.93. The number of fused-ring (bicyclic) bond motifs is 3. The smallest absolute Gasteiger partial charge is 0.325 e. The molecule has 4 aromatic carbocycles. The SMILES string of the molecule is CCC(C)(CC)C(=[OH+])/C=C(\O)C(C)(CC)CC.Cc1[c-]c(-c2nccc3c2ccc2cc(-c4ccc(C#N)cc4)ccc23)cc(C)c1.[Ir]. The molecule has 0 unspecified atom stereocenters. The molecule has 1 heterocycles. The molecule has 1 radical (unpaired) electrons. The molecule has 5 aromatic rings. The van der Waals surface area contributed by atoms with Crippen LogP contribution in [0, 0.1) is 42.1 Å². The number of ketones is 1. The quantitative estimate of drug-likeness (QED) is 0.0529. The molecule has 5 rings (SSSR count). The van der Waals surface area contributed by atoms with Gasteiger partial charge in [-0.3, -0.25) is 4.79 Å². The van der Waals surface area contributed by atoms with Crippen LogP contribution in [0.4, 0.5) is 0 Å². The van der Waals surface area contributed by atoms with E-state index in [1.54, 1.807) is 6.08 Å². The van der Waals surface area contributed by atoms with Gasteiger partial charge in [-0.1, -0.05) is 84.9 Å². The molecule has 0 atom stereocenters. The minimum atomic E-state index is -0.226. The number of carbonyl (C=O) groups excluding carboxylic acids is 1. The number of aliphatic hydroxyl groups excluding tert-OH is 1. The summed E-state index contributed by atoms with van der Waals surface area (Å²) in [5.41, 5.74) is 6.81. The molecule has 251 valence electrons. The van der Waals surface area contributed by atoms with Crippen LogP contribution < -0.4 is 0 Å². The van der Waals surface area contributed by atoms with Gasteiger partial charge in [-0.2, -0.15) is 5.26 Å². The maximum Gasteiger partial charge on any atom is 0.325 e. The van der Waals surface area contributed by atoms with E-state index in [4.69, 9.17) is 10.2 Å². The second-order valence-electron chi connectivity index (χ2n) is 13.2. The Morgan fingerprint density at radius 1 is 0.812 bits per heavy atom. The predicted molar refractivity (Wildman–Crippen MR) is 198 cm³/mol. The molecule has 0 fully saturated rings. The molecule has 5 heteroatoms. The number of aliphatic hydroxyl groups is 1. The molecule has 4 nitrogen and oxygen atoms in total. The van der Waals surface area contributed by atoms with Crippen molar-refractivity contribution in [2.75, 3.05) is 0 Å². The monoisotopic (exact) mass is 817 g/mol. The van der Waals surface area contributed by atoms with Gasteiger partial charge in [-0.05, 0) is 95.2 Å². The van der Waals surface area contributed by atoms with Crippen LogP contribution >= 0.6 is 0 Å². The molecule has 0 spiro atoms. The third-order valence-corrected chi connectivity index (χ3v) is 10.1.